The zero-order chi connectivity index (χ0) is 10.1. The predicted octanol–water partition coefficient (Wildman–Crippen LogP) is 0.652. The summed E-state index contributed by atoms with van der Waals surface area (Å²) in [5, 5.41) is 0. The molecule has 0 spiro atoms. The van der Waals surface area contributed by atoms with E-state index in [0.717, 1.165) is 12.8 Å². The lowest BCUT2D eigenvalue weighted by atomic mass is 10.2. The second-order valence-electron chi connectivity index (χ2n) is 3.39. The van der Waals surface area contributed by atoms with E-state index in [4.69, 9.17) is 0 Å². The van der Waals surface area contributed by atoms with Crippen molar-refractivity contribution in [2.24, 2.45) is 0 Å². The fourth-order valence-corrected chi connectivity index (χ4v) is 3.39. The first-order valence-electron chi connectivity index (χ1n) is 4.26. The van der Waals surface area contributed by atoms with Crippen LogP contribution in [0.5, 0.6) is 0 Å². The molecule has 4 nitrogen and oxygen atoms in total. The number of hydrogen-bond acceptors (Lipinski definition) is 2. The quantitative estimate of drug-likeness (QED) is 0.692. The van der Waals surface area contributed by atoms with Gasteiger partial charge in [0, 0.05) is 32.0 Å². The van der Waals surface area contributed by atoms with Gasteiger partial charge >= 0.3 is 0 Å². The minimum Gasteiger partial charge on any atom is -0.195 e. The lowest BCUT2D eigenvalue weighted by Crippen LogP contribution is -2.45. The molecule has 1 aliphatic heterocycles. The molecular formula is C7H15BrN2O2S. The van der Waals surface area contributed by atoms with Gasteiger partial charge in [-0.05, 0) is 12.8 Å². The topological polar surface area (TPSA) is 40.6 Å². The van der Waals surface area contributed by atoms with Gasteiger partial charge in [-0.1, -0.05) is 15.9 Å². The fourth-order valence-electron chi connectivity index (χ4n) is 1.33. The maximum absolute atomic E-state index is 11.7. The van der Waals surface area contributed by atoms with Gasteiger partial charge < -0.3 is 0 Å². The Hall–Kier alpha value is 0.350. The van der Waals surface area contributed by atoms with Crippen LogP contribution in [0.3, 0.4) is 0 Å². The molecule has 0 saturated carbocycles. The van der Waals surface area contributed by atoms with Gasteiger partial charge in [0.2, 0.25) is 0 Å². The third kappa shape index (κ3) is 2.65. The molecule has 1 saturated heterocycles. The zero-order valence-corrected chi connectivity index (χ0v) is 10.3. The van der Waals surface area contributed by atoms with E-state index in [-0.39, 0.29) is 0 Å². The monoisotopic (exact) mass is 270 g/mol. The molecule has 1 unspecified atom stereocenters. The highest BCUT2D eigenvalue weighted by molar-refractivity contribution is 9.09. The van der Waals surface area contributed by atoms with Crippen molar-refractivity contribution in [2.45, 2.75) is 17.7 Å². The Kier molecular flexibility index (Phi) is 3.73. The lowest BCUT2D eigenvalue weighted by molar-refractivity contribution is 0.332. The molecule has 1 heterocycles. The van der Waals surface area contributed by atoms with Gasteiger partial charge in [-0.2, -0.15) is 17.0 Å². The largest absolute Gasteiger partial charge is 0.281 e. The van der Waals surface area contributed by atoms with Gasteiger partial charge in [-0.3, -0.25) is 0 Å². The van der Waals surface area contributed by atoms with Crippen LogP contribution < -0.4 is 0 Å². The molecule has 0 aromatic carbocycles. The normalized spacial score (nSPS) is 26.6. The first-order chi connectivity index (χ1) is 5.94. The van der Waals surface area contributed by atoms with Gasteiger partial charge in [0.1, 0.15) is 0 Å². The summed E-state index contributed by atoms with van der Waals surface area (Å²) in [6, 6.07) is 0. The Morgan fingerprint density at radius 1 is 1.46 bits per heavy atom. The van der Waals surface area contributed by atoms with Gasteiger partial charge in [0.05, 0.1) is 0 Å². The highest BCUT2D eigenvalue weighted by Gasteiger charge is 2.28. The standard InChI is InChI=1S/C7H15BrN2O2S/c1-9(2)13(11,12)10-5-3-4-7(8)6-10/h7H,3-6H2,1-2H3. The summed E-state index contributed by atoms with van der Waals surface area (Å²) < 4.78 is 26.1. The van der Waals surface area contributed by atoms with Crippen LogP contribution >= 0.6 is 15.9 Å². The molecule has 1 atom stereocenters. The number of piperidine rings is 1. The smallest absolute Gasteiger partial charge is 0.195 e. The first-order valence-corrected chi connectivity index (χ1v) is 6.57. The van der Waals surface area contributed by atoms with E-state index >= 15 is 0 Å². The average Bonchev–Trinajstić information content (AvgIpc) is 2.04. The zero-order valence-electron chi connectivity index (χ0n) is 7.90. The first kappa shape index (κ1) is 11.4. The van der Waals surface area contributed by atoms with Crippen molar-refractivity contribution in [3.8, 4) is 0 Å². The Labute approximate surface area is 88.2 Å². The molecule has 78 valence electrons. The predicted molar refractivity (Wildman–Crippen MR) is 56.1 cm³/mol. The third-order valence-electron chi connectivity index (χ3n) is 2.11. The SMILES string of the molecule is CN(C)S(=O)(=O)N1CCCC(Br)C1. The second kappa shape index (κ2) is 4.25. The summed E-state index contributed by atoms with van der Waals surface area (Å²) in [4.78, 5) is 0.302. The Morgan fingerprint density at radius 2 is 2.08 bits per heavy atom. The number of rotatable bonds is 2. The highest BCUT2D eigenvalue weighted by atomic mass is 79.9. The van der Waals surface area contributed by atoms with Gasteiger partial charge in [0.15, 0.2) is 0 Å². The van der Waals surface area contributed by atoms with E-state index in [1.54, 1.807) is 14.1 Å². The number of halogens is 1. The average molecular weight is 271 g/mol. The van der Waals surface area contributed by atoms with E-state index in [1.165, 1.54) is 8.61 Å². The Bertz CT molecular complexity index is 266. The molecule has 0 aromatic rings. The van der Waals surface area contributed by atoms with Gasteiger partial charge in [0.25, 0.3) is 10.2 Å². The molecule has 1 aliphatic rings. The van der Waals surface area contributed by atoms with Crippen molar-refractivity contribution in [3.63, 3.8) is 0 Å². The highest BCUT2D eigenvalue weighted by Crippen LogP contribution is 2.19. The maximum Gasteiger partial charge on any atom is 0.281 e. The molecule has 13 heavy (non-hydrogen) atoms. The molecule has 1 rings (SSSR count). The minimum absolute atomic E-state index is 0.302. The molecule has 0 N–H and O–H groups in total. The van der Waals surface area contributed by atoms with E-state index in [1.807, 2.05) is 0 Å². The van der Waals surface area contributed by atoms with Crippen LogP contribution in [0.1, 0.15) is 12.8 Å². The van der Waals surface area contributed by atoms with Crippen molar-refractivity contribution in [2.75, 3.05) is 27.2 Å². The Morgan fingerprint density at radius 3 is 2.54 bits per heavy atom. The molecule has 0 radical (unpaired) electrons. The number of nitrogens with zero attached hydrogens (tertiary/aromatic N) is 2. The summed E-state index contributed by atoms with van der Waals surface area (Å²) in [7, 11) is -0.0709. The molecule has 1 fully saturated rings. The summed E-state index contributed by atoms with van der Waals surface area (Å²) in [6.07, 6.45) is 1.99. The minimum atomic E-state index is -3.20. The van der Waals surface area contributed by atoms with Gasteiger partial charge in [-0.15, -0.1) is 0 Å². The summed E-state index contributed by atoms with van der Waals surface area (Å²) in [6.45, 7) is 1.23. The molecule has 0 aromatic heterocycles. The van der Waals surface area contributed by atoms with Crippen LogP contribution in [0, 0.1) is 0 Å². The van der Waals surface area contributed by atoms with Crippen molar-refractivity contribution < 1.29 is 8.42 Å². The van der Waals surface area contributed by atoms with E-state index in [9.17, 15) is 8.42 Å². The van der Waals surface area contributed by atoms with Crippen molar-refractivity contribution in [3.05, 3.63) is 0 Å². The van der Waals surface area contributed by atoms with E-state index in [0.29, 0.717) is 17.9 Å². The van der Waals surface area contributed by atoms with Crippen molar-refractivity contribution in [1.29, 1.82) is 0 Å². The molecular weight excluding hydrogens is 256 g/mol. The second-order valence-corrected chi connectivity index (χ2v) is 6.83. The van der Waals surface area contributed by atoms with Crippen LogP contribution in [-0.4, -0.2) is 49.0 Å². The summed E-state index contributed by atoms with van der Waals surface area (Å²) in [5.74, 6) is 0. The van der Waals surface area contributed by atoms with Gasteiger partial charge in [-0.25, -0.2) is 0 Å². The molecule has 6 heteroatoms. The van der Waals surface area contributed by atoms with Crippen molar-refractivity contribution in [1.82, 2.24) is 8.61 Å². The van der Waals surface area contributed by atoms with Crippen LogP contribution in [0.15, 0.2) is 0 Å². The maximum atomic E-state index is 11.7. The van der Waals surface area contributed by atoms with Crippen LogP contribution in [0.25, 0.3) is 0 Å². The third-order valence-corrected chi connectivity index (χ3v) is 4.77. The molecule has 0 bridgehead atoms. The van der Waals surface area contributed by atoms with Crippen LogP contribution in [0.2, 0.25) is 0 Å². The number of hydrogen-bond donors (Lipinski definition) is 0. The van der Waals surface area contributed by atoms with Crippen molar-refractivity contribution >= 4 is 26.1 Å². The molecule has 0 amide bonds. The summed E-state index contributed by atoms with van der Waals surface area (Å²) >= 11 is 3.45. The molecule has 0 aliphatic carbocycles. The van der Waals surface area contributed by atoms with E-state index in [2.05, 4.69) is 15.9 Å². The number of alkyl halides is 1. The fraction of sp³-hybridized carbons (Fsp3) is 1.00. The Balaban J connectivity index is 2.71. The lowest BCUT2D eigenvalue weighted by Gasteiger charge is -2.31. The van der Waals surface area contributed by atoms with E-state index < -0.39 is 10.2 Å². The van der Waals surface area contributed by atoms with Crippen LogP contribution in [-0.2, 0) is 10.2 Å². The summed E-state index contributed by atoms with van der Waals surface area (Å²) in [5.41, 5.74) is 0. The van der Waals surface area contributed by atoms with Crippen LogP contribution in [0.4, 0.5) is 0 Å².